The maximum absolute atomic E-state index is 12.9. The van der Waals surface area contributed by atoms with Gasteiger partial charge in [-0.25, -0.2) is 0 Å². The van der Waals surface area contributed by atoms with E-state index < -0.39 is 0 Å². The Morgan fingerprint density at radius 3 is 2.48 bits per heavy atom. The highest BCUT2D eigenvalue weighted by Gasteiger charge is 2.34. The molecule has 1 saturated heterocycles. The number of phenolic OH excluding ortho intramolecular Hbond substituents is 1. The van der Waals surface area contributed by atoms with Crippen LogP contribution >= 0.6 is 11.8 Å². The van der Waals surface area contributed by atoms with Crippen molar-refractivity contribution in [3.05, 3.63) is 77.2 Å². The summed E-state index contributed by atoms with van der Waals surface area (Å²) < 4.78 is 0. The molecule has 122 valence electrons. The molecule has 0 spiro atoms. The van der Waals surface area contributed by atoms with Crippen LogP contribution in [0.15, 0.2) is 71.6 Å². The molecule has 1 aliphatic heterocycles. The Kier molecular flexibility index (Phi) is 3.78. The largest absolute Gasteiger partial charge is 0.508 e. The number of amidine groups is 1. The van der Waals surface area contributed by atoms with Crippen molar-refractivity contribution in [2.24, 2.45) is 0 Å². The summed E-state index contributed by atoms with van der Waals surface area (Å²) >= 11 is 1.14. The molecule has 2 N–H and O–H groups in total. The van der Waals surface area contributed by atoms with Crippen LogP contribution < -0.4 is 4.90 Å². The first kappa shape index (κ1) is 15.5. The molecule has 0 aromatic heterocycles. The van der Waals surface area contributed by atoms with Crippen molar-refractivity contribution in [3.63, 3.8) is 0 Å². The van der Waals surface area contributed by atoms with Gasteiger partial charge < -0.3 is 5.11 Å². The van der Waals surface area contributed by atoms with Crippen LogP contribution in [0.25, 0.3) is 16.8 Å². The van der Waals surface area contributed by atoms with E-state index in [1.807, 2.05) is 42.5 Å². The molecule has 0 radical (unpaired) electrons. The van der Waals surface area contributed by atoms with Crippen LogP contribution in [0.4, 0.5) is 5.69 Å². The Hall–Kier alpha value is -3.05. The summed E-state index contributed by atoms with van der Waals surface area (Å²) in [5, 5.41) is 19.8. The minimum absolute atomic E-state index is 0.178. The first-order chi connectivity index (χ1) is 12.1. The number of fused-ring (bicyclic) bond motifs is 1. The maximum atomic E-state index is 12.9. The van der Waals surface area contributed by atoms with Crippen LogP contribution in [0.5, 0.6) is 5.75 Å². The fourth-order valence-electron chi connectivity index (χ4n) is 2.83. The average molecular weight is 346 g/mol. The average Bonchev–Trinajstić information content (AvgIpc) is 2.90. The number of benzene rings is 3. The van der Waals surface area contributed by atoms with Gasteiger partial charge in [-0.15, -0.1) is 0 Å². The highest BCUT2D eigenvalue weighted by atomic mass is 32.2. The van der Waals surface area contributed by atoms with Crippen molar-refractivity contribution in [3.8, 4) is 5.75 Å². The Bertz CT molecular complexity index is 1020. The third-order valence-corrected chi connectivity index (χ3v) is 4.91. The highest BCUT2D eigenvalue weighted by molar-refractivity contribution is 8.19. The first-order valence-electron chi connectivity index (χ1n) is 7.73. The van der Waals surface area contributed by atoms with Crippen molar-refractivity contribution < 1.29 is 9.90 Å². The standard InChI is InChI=1S/C20H14N2O2S/c21-20-22(17-7-3-5-14-4-1-2-6-16(14)17)19(24)18(25-20)12-13-8-10-15(23)11-9-13/h1-12,21,23H/b18-12-,21-20?. The van der Waals surface area contributed by atoms with Crippen LogP contribution in [0.2, 0.25) is 0 Å². The van der Waals surface area contributed by atoms with Crippen LogP contribution in [0.3, 0.4) is 0 Å². The molecule has 4 rings (SSSR count). The van der Waals surface area contributed by atoms with E-state index in [0.717, 1.165) is 33.8 Å². The fraction of sp³-hybridized carbons (Fsp3) is 0. The van der Waals surface area contributed by atoms with Gasteiger partial charge in [-0.05, 0) is 47.0 Å². The Morgan fingerprint density at radius 2 is 1.68 bits per heavy atom. The molecule has 4 nitrogen and oxygen atoms in total. The summed E-state index contributed by atoms with van der Waals surface area (Å²) in [6.07, 6.45) is 1.74. The lowest BCUT2D eigenvalue weighted by Gasteiger charge is -2.16. The van der Waals surface area contributed by atoms with Crippen molar-refractivity contribution in [2.45, 2.75) is 0 Å². The Labute approximate surface area is 148 Å². The molecular formula is C20H14N2O2S. The zero-order valence-electron chi connectivity index (χ0n) is 13.1. The number of amides is 1. The topological polar surface area (TPSA) is 64.4 Å². The second-order valence-corrected chi connectivity index (χ2v) is 6.68. The number of thioether (sulfide) groups is 1. The molecule has 1 aliphatic rings. The summed E-state index contributed by atoms with van der Waals surface area (Å²) in [4.78, 5) is 14.8. The van der Waals surface area contributed by atoms with Crippen molar-refractivity contribution in [1.82, 2.24) is 0 Å². The number of hydrogen-bond donors (Lipinski definition) is 2. The van der Waals surface area contributed by atoms with Gasteiger partial charge in [0.05, 0.1) is 10.6 Å². The van der Waals surface area contributed by atoms with Gasteiger partial charge in [0.25, 0.3) is 5.91 Å². The van der Waals surface area contributed by atoms with Crippen molar-refractivity contribution in [2.75, 3.05) is 4.90 Å². The van der Waals surface area contributed by atoms with Gasteiger partial charge in [-0.3, -0.25) is 15.1 Å². The number of nitrogens with one attached hydrogen (secondary N) is 1. The van der Waals surface area contributed by atoms with E-state index in [0.29, 0.717) is 4.91 Å². The molecule has 25 heavy (non-hydrogen) atoms. The Morgan fingerprint density at radius 1 is 0.960 bits per heavy atom. The quantitative estimate of drug-likeness (QED) is 0.667. The van der Waals surface area contributed by atoms with E-state index >= 15 is 0 Å². The smallest absolute Gasteiger partial charge is 0.271 e. The van der Waals surface area contributed by atoms with Crippen molar-refractivity contribution in [1.29, 1.82) is 5.41 Å². The third kappa shape index (κ3) is 2.79. The molecule has 0 bridgehead atoms. The van der Waals surface area contributed by atoms with Gasteiger partial charge in [0.1, 0.15) is 5.75 Å². The lowest BCUT2D eigenvalue weighted by Crippen LogP contribution is -2.28. The van der Waals surface area contributed by atoms with E-state index in [-0.39, 0.29) is 16.8 Å². The molecule has 5 heteroatoms. The fourth-order valence-corrected chi connectivity index (χ4v) is 3.69. The minimum atomic E-state index is -0.209. The van der Waals surface area contributed by atoms with E-state index in [2.05, 4.69) is 0 Å². The molecule has 1 fully saturated rings. The number of phenols is 1. The number of aromatic hydroxyl groups is 1. The lowest BCUT2D eigenvalue weighted by molar-refractivity contribution is -0.113. The monoisotopic (exact) mass is 346 g/mol. The van der Waals surface area contributed by atoms with Gasteiger partial charge in [-0.2, -0.15) is 0 Å². The van der Waals surface area contributed by atoms with Gasteiger partial charge in [0.2, 0.25) is 0 Å². The number of carbonyl (C=O) groups is 1. The normalized spacial score (nSPS) is 16.2. The summed E-state index contributed by atoms with van der Waals surface area (Å²) in [6, 6.07) is 20.2. The van der Waals surface area contributed by atoms with E-state index in [9.17, 15) is 9.90 Å². The second kappa shape index (κ2) is 6.11. The number of nitrogens with zero attached hydrogens (tertiary/aromatic N) is 1. The van der Waals surface area contributed by atoms with Crippen LogP contribution in [-0.2, 0) is 4.79 Å². The number of anilines is 1. The molecule has 0 atom stereocenters. The molecule has 3 aromatic rings. The summed E-state index contributed by atoms with van der Waals surface area (Å²) in [7, 11) is 0. The van der Waals surface area contributed by atoms with Crippen LogP contribution in [0, 0.1) is 5.41 Å². The SMILES string of the molecule is N=C1S/C(=C\c2ccc(O)cc2)C(=O)N1c1cccc2ccccc12. The van der Waals surface area contributed by atoms with Gasteiger partial charge in [0, 0.05) is 5.39 Å². The molecule has 0 unspecified atom stereocenters. The van der Waals surface area contributed by atoms with Crippen LogP contribution in [0.1, 0.15) is 5.56 Å². The molecular weight excluding hydrogens is 332 g/mol. The lowest BCUT2D eigenvalue weighted by atomic mass is 10.1. The highest BCUT2D eigenvalue weighted by Crippen LogP contribution is 2.38. The summed E-state index contributed by atoms with van der Waals surface area (Å²) in [6.45, 7) is 0. The van der Waals surface area contributed by atoms with Gasteiger partial charge in [0.15, 0.2) is 5.17 Å². The molecule has 3 aromatic carbocycles. The second-order valence-electron chi connectivity index (χ2n) is 5.65. The predicted molar refractivity (Wildman–Crippen MR) is 103 cm³/mol. The molecule has 0 aliphatic carbocycles. The molecule has 1 amide bonds. The van der Waals surface area contributed by atoms with E-state index in [1.54, 1.807) is 30.3 Å². The van der Waals surface area contributed by atoms with Gasteiger partial charge >= 0.3 is 0 Å². The first-order valence-corrected chi connectivity index (χ1v) is 8.54. The van der Waals surface area contributed by atoms with Crippen LogP contribution in [-0.4, -0.2) is 16.2 Å². The summed E-state index contributed by atoms with van der Waals surface area (Å²) in [5.41, 5.74) is 1.52. The molecule has 1 heterocycles. The third-order valence-electron chi connectivity index (χ3n) is 4.02. The molecule has 0 saturated carbocycles. The maximum Gasteiger partial charge on any atom is 0.271 e. The van der Waals surface area contributed by atoms with Crippen molar-refractivity contribution >= 4 is 45.4 Å². The van der Waals surface area contributed by atoms with E-state index in [1.165, 1.54) is 4.90 Å². The zero-order chi connectivity index (χ0) is 17.4. The zero-order valence-corrected chi connectivity index (χ0v) is 14.0. The number of hydrogen-bond acceptors (Lipinski definition) is 4. The Balaban J connectivity index is 1.75. The predicted octanol–water partition coefficient (Wildman–Crippen LogP) is 4.60. The summed E-state index contributed by atoms with van der Waals surface area (Å²) in [5.74, 6) is -0.0305. The van der Waals surface area contributed by atoms with Gasteiger partial charge in [-0.1, -0.05) is 48.5 Å². The number of carbonyl (C=O) groups excluding carboxylic acids is 1. The van der Waals surface area contributed by atoms with E-state index in [4.69, 9.17) is 5.41 Å². The minimum Gasteiger partial charge on any atom is -0.508 e. The number of rotatable bonds is 2.